The molecule has 222 valence electrons. The molecule has 5 rings (SSSR count). The number of carbonyl (C=O) groups is 3. The molecule has 0 fully saturated rings. The molecule has 1 unspecified atom stereocenters. The summed E-state index contributed by atoms with van der Waals surface area (Å²) in [5.74, 6) is -0.245. The maximum absolute atomic E-state index is 13.3. The number of nitrogens with one attached hydrogen (secondary N) is 3. The normalized spacial score (nSPS) is 11.9. The molecule has 5 aromatic rings. The molecule has 0 saturated heterocycles. The fourth-order valence-electron chi connectivity index (χ4n) is 4.15. The maximum atomic E-state index is 13.3. The minimum atomic E-state index is -0.463. The number of carbonyl (C=O) groups excluding carboxylic acids is 3. The first-order valence-electron chi connectivity index (χ1n) is 13.9. The van der Waals surface area contributed by atoms with Crippen molar-refractivity contribution >= 4 is 67.9 Å². The molecule has 10 heteroatoms. The summed E-state index contributed by atoms with van der Waals surface area (Å²) in [5, 5.41) is 8.64. The van der Waals surface area contributed by atoms with Crippen LogP contribution in [0.4, 0.5) is 10.8 Å². The lowest BCUT2D eigenvalue weighted by Gasteiger charge is -2.13. The van der Waals surface area contributed by atoms with Gasteiger partial charge in [0.25, 0.3) is 11.8 Å². The van der Waals surface area contributed by atoms with Gasteiger partial charge in [-0.3, -0.25) is 14.4 Å². The lowest BCUT2D eigenvalue weighted by molar-refractivity contribution is -0.115. The van der Waals surface area contributed by atoms with E-state index in [2.05, 4.69) is 20.9 Å². The maximum Gasteiger partial charge on any atom is 0.272 e. The highest BCUT2D eigenvalue weighted by atomic mass is 32.2. The zero-order valence-corrected chi connectivity index (χ0v) is 25.7. The number of anilines is 2. The van der Waals surface area contributed by atoms with E-state index in [-0.39, 0.29) is 17.5 Å². The van der Waals surface area contributed by atoms with Gasteiger partial charge in [-0.1, -0.05) is 59.9 Å². The molecule has 0 saturated carbocycles. The van der Waals surface area contributed by atoms with Gasteiger partial charge in [-0.05, 0) is 80.1 Å². The van der Waals surface area contributed by atoms with Gasteiger partial charge in [-0.2, -0.15) is 0 Å². The zero-order chi connectivity index (χ0) is 30.9. The molecule has 8 nitrogen and oxygen atoms in total. The second-order valence-electron chi connectivity index (χ2n) is 9.60. The molecule has 0 aliphatic rings. The van der Waals surface area contributed by atoms with Crippen LogP contribution in [0.5, 0.6) is 5.75 Å². The second kappa shape index (κ2) is 14.5. The fourth-order valence-corrected chi connectivity index (χ4v) is 5.92. The van der Waals surface area contributed by atoms with E-state index in [1.54, 1.807) is 42.5 Å². The van der Waals surface area contributed by atoms with E-state index in [1.807, 2.05) is 80.6 Å². The van der Waals surface area contributed by atoms with E-state index in [9.17, 15) is 14.4 Å². The number of aromatic nitrogens is 1. The number of amides is 3. The van der Waals surface area contributed by atoms with Crippen molar-refractivity contribution in [3.05, 3.63) is 120 Å². The number of thioether (sulfide) groups is 1. The first kappa shape index (κ1) is 30.5. The molecule has 3 amide bonds. The molecule has 3 N–H and O–H groups in total. The average molecular weight is 623 g/mol. The minimum Gasteiger partial charge on any atom is -0.494 e. The van der Waals surface area contributed by atoms with Crippen LogP contribution < -0.4 is 20.7 Å². The molecular formula is C34H30N4O4S2. The van der Waals surface area contributed by atoms with Crippen molar-refractivity contribution in [3.8, 4) is 5.75 Å². The van der Waals surface area contributed by atoms with Gasteiger partial charge < -0.3 is 20.7 Å². The van der Waals surface area contributed by atoms with Crippen molar-refractivity contribution in [3.63, 3.8) is 0 Å². The summed E-state index contributed by atoms with van der Waals surface area (Å²) >= 11 is 2.79. The topological polar surface area (TPSA) is 109 Å². The third-order valence-electron chi connectivity index (χ3n) is 6.33. The third-order valence-corrected chi connectivity index (χ3v) is 8.38. The summed E-state index contributed by atoms with van der Waals surface area (Å²) in [6.45, 7) is 4.34. The van der Waals surface area contributed by atoms with Crippen LogP contribution in [-0.4, -0.2) is 34.6 Å². The molecule has 1 atom stereocenters. The summed E-state index contributed by atoms with van der Waals surface area (Å²) in [5.41, 5.74) is 2.67. The number of benzene rings is 4. The van der Waals surface area contributed by atoms with E-state index in [0.29, 0.717) is 23.0 Å². The van der Waals surface area contributed by atoms with E-state index >= 15 is 0 Å². The standard InChI is InChI=1S/C34H30N4O4S2/c1-3-42-26-16-19-28-30(21-26)44-34(37-28)38-31(39)22(2)43-27-17-14-25(15-18-27)35-33(41)29(20-23-10-6-4-7-11-23)36-32(40)24-12-8-5-9-13-24/h4-22H,3H2,1-2H3,(H,35,41)(H,36,40)(H,37,38,39)/b29-20-. The van der Waals surface area contributed by atoms with Crippen LogP contribution in [0.3, 0.4) is 0 Å². The minimum absolute atomic E-state index is 0.109. The van der Waals surface area contributed by atoms with Crippen molar-refractivity contribution in [1.29, 1.82) is 0 Å². The summed E-state index contributed by atoms with van der Waals surface area (Å²) in [6.07, 6.45) is 1.63. The Bertz CT molecular complexity index is 1790. The van der Waals surface area contributed by atoms with Crippen LogP contribution in [-0.2, 0) is 9.59 Å². The molecule has 0 aliphatic carbocycles. The van der Waals surface area contributed by atoms with E-state index < -0.39 is 11.2 Å². The zero-order valence-electron chi connectivity index (χ0n) is 24.1. The third kappa shape index (κ3) is 8.12. The quantitative estimate of drug-likeness (QED) is 0.106. The highest BCUT2D eigenvalue weighted by Gasteiger charge is 2.18. The van der Waals surface area contributed by atoms with Crippen molar-refractivity contribution in [2.45, 2.75) is 24.0 Å². The van der Waals surface area contributed by atoms with Gasteiger partial charge in [0.15, 0.2) is 5.13 Å². The Hall–Kier alpha value is -4.93. The monoisotopic (exact) mass is 622 g/mol. The first-order chi connectivity index (χ1) is 21.4. The van der Waals surface area contributed by atoms with Gasteiger partial charge >= 0.3 is 0 Å². The Morgan fingerprint density at radius 1 is 0.909 bits per heavy atom. The van der Waals surface area contributed by atoms with Gasteiger partial charge in [0.05, 0.1) is 22.1 Å². The number of hydrogen-bond acceptors (Lipinski definition) is 7. The van der Waals surface area contributed by atoms with Crippen LogP contribution in [0.2, 0.25) is 0 Å². The first-order valence-corrected chi connectivity index (χ1v) is 15.6. The van der Waals surface area contributed by atoms with Crippen LogP contribution in [0, 0.1) is 0 Å². The van der Waals surface area contributed by atoms with Crippen LogP contribution >= 0.6 is 23.1 Å². The van der Waals surface area contributed by atoms with E-state index in [4.69, 9.17) is 4.74 Å². The predicted molar refractivity (Wildman–Crippen MR) is 178 cm³/mol. The van der Waals surface area contributed by atoms with Crippen LogP contribution in [0.15, 0.2) is 114 Å². The molecule has 44 heavy (non-hydrogen) atoms. The summed E-state index contributed by atoms with van der Waals surface area (Å²) < 4.78 is 6.49. The van der Waals surface area contributed by atoms with Crippen molar-refractivity contribution in [2.24, 2.45) is 0 Å². The van der Waals surface area contributed by atoms with Gasteiger partial charge in [-0.25, -0.2) is 4.98 Å². The Labute approximate surface area is 263 Å². The number of thiazole rings is 1. The van der Waals surface area contributed by atoms with Crippen LogP contribution in [0.25, 0.3) is 16.3 Å². The highest BCUT2D eigenvalue weighted by Crippen LogP contribution is 2.31. The molecular weight excluding hydrogens is 593 g/mol. The van der Waals surface area contributed by atoms with E-state index in [0.717, 1.165) is 26.4 Å². The molecule has 1 aromatic heterocycles. The lowest BCUT2D eigenvalue weighted by atomic mass is 10.1. The summed E-state index contributed by atoms with van der Waals surface area (Å²) in [7, 11) is 0. The fraction of sp³-hybridized carbons (Fsp3) is 0.118. The SMILES string of the molecule is CCOc1ccc2nc(NC(=O)C(C)Sc3ccc(NC(=O)/C(=C/c4ccccc4)NC(=O)c4ccccc4)cc3)sc2c1. The Kier molecular flexibility index (Phi) is 10.1. The van der Waals surface area contributed by atoms with Gasteiger partial charge in [0.2, 0.25) is 5.91 Å². The lowest BCUT2D eigenvalue weighted by Crippen LogP contribution is -2.30. The van der Waals surface area contributed by atoms with Crippen molar-refractivity contribution in [1.82, 2.24) is 10.3 Å². The number of rotatable bonds is 11. The van der Waals surface area contributed by atoms with Crippen molar-refractivity contribution in [2.75, 3.05) is 17.2 Å². The molecule has 0 spiro atoms. The molecule has 4 aromatic carbocycles. The summed E-state index contributed by atoms with van der Waals surface area (Å²) in [6, 6.07) is 30.8. The summed E-state index contributed by atoms with van der Waals surface area (Å²) in [4.78, 5) is 44.4. The highest BCUT2D eigenvalue weighted by molar-refractivity contribution is 8.00. The van der Waals surface area contributed by atoms with Gasteiger partial charge in [-0.15, -0.1) is 11.8 Å². The molecule has 1 heterocycles. The Morgan fingerprint density at radius 2 is 1.61 bits per heavy atom. The second-order valence-corrected chi connectivity index (χ2v) is 12.0. The Balaban J connectivity index is 1.21. The van der Waals surface area contributed by atoms with Gasteiger partial charge in [0.1, 0.15) is 11.4 Å². The molecule has 0 bridgehead atoms. The predicted octanol–water partition coefficient (Wildman–Crippen LogP) is 7.22. The number of ether oxygens (including phenoxy) is 1. The molecule has 0 aliphatic heterocycles. The smallest absolute Gasteiger partial charge is 0.272 e. The molecule has 0 radical (unpaired) electrons. The average Bonchev–Trinajstić information content (AvgIpc) is 3.44. The Morgan fingerprint density at radius 3 is 2.32 bits per heavy atom. The largest absolute Gasteiger partial charge is 0.494 e. The number of fused-ring (bicyclic) bond motifs is 1. The van der Waals surface area contributed by atoms with Crippen LogP contribution in [0.1, 0.15) is 29.8 Å². The van der Waals surface area contributed by atoms with Gasteiger partial charge in [0, 0.05) is 16.1 Å². The number of nitrogens with zero attached hydrogens (tertiary/aromatic N) is 1. The van der Waals surface area contributed by atoms with Crippen molar-refractivity contribution < 1.29 is 19.1 Å². The number of hydrogen-bond donors (Lipinski definition) is 3. The van der Waals surface area contributed by atoms with E-state index in [1.165, 1.54) is 23.1 Å².